The maximum Gasteiger partial charge on any atom is 0.264 e. The molecule has 0 atom stereocenters. The lowest BCUT2D eigenvalue weighted by atomic mass is 10.2. The molecule has 0 bridgehead atoms. The van der Waals surface area contributed by atoms with E-state index in [1.165, 1.54) is 18.3 Å². The molecule has 0 aliphatic rings. The molecule has 2 N–H and O–H groups in total. The minimum atomic E-state index is -0.239. The van der Waals surface area contributed by atoms with E-state index in [0.29, 0.717) is 33.2 Å². The first-order valence-corrected chi connectivity index (χ1v) is 10.5. The summed E-state index contributed by atoms with van der Waals surface area (Å²) in [5.41, 5.74) is 1.30. The van der Waals surface area contributed by atoms with E-state index in [0.717, 1.165) is 5.56 Å². The van der Waals surface area contributed by atoms with Crippen LogP contribution in [0.25, 0.3) is 10.9 Å². The molecular formula is C23H20N4O3S. The number of benzene rings is 2. The summed E-state index contributed by atoms with van der Waals surface area (Å²) in [6, 6.07) is 20.1. The highest BCUT2D eigenvalue weighted by atomic mass is 32.1. The monoisotopic (exact) mass is 432 g/mol. The largest absolute Gasteiger partial charge is 0.326 e. The van der Waals surface area contributed by atoms with E-state index in [9.17, 15) is 14.4 Å². The summed E-state index contributed by atoms with van der Waals surface area (Å²) in [5, 5.41) is 3.80. The van der Waals surface area contributed by atoms with Gasteiger partial charge in [-0.15, -0.1) is 11.3 Å². The van der Waals surface area contributed by atoms with Crippen LogP contribution in [-0.2, 0) is 17.9 Å². The van der Waals surface area contributed by atoms with Gasteiger partial charge in [0.05, 0.1) is 27.3 Å². The van der Waals surface area contributed by atoms with Crippen molar-refractivity contribution in [3.63, 3.8) is 0 Å². The molecule has 2 amide bonds. The van der Waals surface area contributed by atoms with Gasteiger partial charge in [-0.3, -0.25) is 14.4 Å². The predicted octanol–water partition coefficient (Wildman–Crippen LogP) is 3.79. The van der Waals surface area contributed by atoms with E-state index >= 15 is 0 Å². The van der Waals surface area contributed by atoms with Crippen molar-refractivity contribution in [1.29, 1.82) is 0 Å². The van der Waals surface area contributed by atoms with Crippen molar-refractivity contribution in [2.75, 3.05) is 5.32 Å². The van der Waals surface area contributed by atoms with Crippen LogP contribution >= 0.6 is 11.3 Å². The minimum absolute atomic E-state index is 0.140. The Hall–Kier alpha value is -3.78. The van der Waals surface area contributed by atoms with E-state index in [1.54, 1.807) is 35.2 Å². The number of aromatic nitrogens is 2. The lowest BCUT2D eigenvalue weighted by molar-refractivity contribution is -0.114. The topological polar surface area (TPSA) is 95.2 Å². The van der Waals surface area contributed by atoms with Crippen molar-refractivity contribution in [1.82, 2.24) is 14.9 Å². The number of fused-ring (bicyclic) bond motifs is 1. The third-order valence-corrected chi connectivity index (χ3v) is 5.61. The molecule has 2 aromatic carbocycles. The van der Waals surface area contributed by atoms with Gasteiger partial charge in [-0.1, -0.05) is 42.5 Å². The number of rotatable bonds is 6. The molecule has 2 aromatic heterocycles. The first-order valence-electron chi connectivity index (χ1n) is 9.68. The highest BCUT2D eigenvalue weighted by Crippen LogP contribution is 2.24. The summed E-state index contributed by atoms with van der Waals surface area (Å²) in [4.78, 5) is 46.5. The first kappa shape index (κ1) is 20.5. The zero-order chi connectivity index (χ0) is 21.8. The zero-order valence-corrected chi connectivity index (χ0v) is 17.6. The minimum Gasteiger partial charge on any atom is -0.326 e. The lowest BCUT2D eigenvalue weighted by Crippen LogP contribution is -2.31. The summed E-state index contributed by atoms with van der Waals surface area (Å²) >= 11 is 1.21. The second-order valence-corrected chi connectivity index (χ2v) is 8.11. The lowest BCUT2D eigenvalue weighted by Gasteiger charge is -2.22. The predicted molar refractivity (Wildman–Crippen MR) is 121 cm³/mol. The van der Waals surface area contributed by atoms with Gasteiger partial charge in [0.2, 0.25) is 5.91 Å². The third kappa shape index (κ3) is 4.87. The SMILES string of the molecule is CC(=O)Nc1ccc(C(=O)N(Cc2ccccc2)Cc2nc3ccccc3c(=O)[nH]2)s1. The van der Waals surface area contributed by atoms with Gasteiger partial charge in [0.15, 0.2) is 0 Å². The number of amides is 2. The molecule has 0 aliphatic heterocycles. The average molecular weight is 433 g/mol. The Bertz CT molecular complexity index is 1300. The Morgan fingerprint density at radius 2 is 1.74 bits per heavy atom. The average Bonchev–Trinajstić information content (AvgIpc) is 3.21. The highest BCUT2D eigenvalue weighted by molar-refractivity contribution is 7.18. The molecule has 0 aliphatic carbocycles. The molecular weight excluding hydrogens is 412 g/mol. The van der Waals surface area contributed by atoms with Crippen LogP contribution in [0.1, 0.15) is 28.0 Å². The van der Waals surface area contributed by atoms with Gasteiger partial charge in [0.1, 0.15) is 5.82 Å². The molecule has 156 valence electrons. The number of anilines is 1. The summed E-state index contributed by atoms with van der Waals surface area (Å²) in [6.07, 6.45) is 0. The fraction of sp³-hybridized carbons (Fsp3) is 0.130. The summed E-state index contributed by atoms with van der Waals surface area (Å²) in [5.74, 6) is 0.00724. The van der Waals surface area contributed by atoms with E-state index in [-0.39, 0.29) is 23.9 Å². The van der Waals surface area contributed by atoms with Gasteiger partial charge < -0.3 is 15.2 Å². The van der Waals surface area contributed by atoms with E-state index in [1.807, 2.05) is 36.4 Å². The number of nitrogens with one attached hydrogen (secondary N) is 2. The number of H-pyrrole nitrogens is 1. The van der Waals surface area contributed by atoms with Gasteiger partial charge in [-0.25, -0.2) is 4.98 Å². The number of thiophene rings is 1. The van der Waals surface area contributed by atoms with Crippen molar-refractivity contribution >= 4 is 39.1 Å². The molecule has 7 nitrogen and oxygen atoms in total. The number of carbonyl (C=O) groups is 2. The van der Waals surface area contributed by atoms with Crippen LogP contribution in [0.5, 0.6) is 0 Å². The molecule has 4 aromatic rings. The molecule has 0 unspecified atom stereocenters. The van der Waals surface area contributed by atoms with E-state index in [4.69, 9.17) is 0 Å². The standard InChI is InChI=1S/C23H20N4O3S/c1-15(28)24-21-12-11-19(31-21)23(30)27(13-16-7-3-2-4-8-16)14-20-25-18-10-6-5-9-17(18)22(29)26-20/h2-12H,13-14H2,1H3,(H,24,28)(H,25,26,29). The number of aromatic amines is 1. The fourth-order valence-corrected chi connectivity index (χ4v) is 4.16. The second kappa shape index (κ2) is 8.93. The molecule has 0 fully saturated rings. The Balaban J connectivity index is 1.66. The first-order chi connectivity index (χ1) is 15.0. The van der Waals surface area contributed by atoms with Crippen molar-refractivity contribution in [3.05, 3.63) is 93.3 Å². The van der Waals surface area contributed by atoms with Gasteiger partial charge in [0, 0.05) is 13.5 Å². The van der Waals surface area contributed by atoms with Crippen LogP contribution in [0.15, 0.2) is 71.5 Å². The summed E-state index contributed by atoms with van der Waals surface area (Å²) < 4.78 is 0. The van der Waals surface area contributed by atoms with E-state index < -0.39 is 0 Å². The molecule has 4 rings (SSSR count). The van der Waals surface area contributed by atoms with E-state index in [2.05, 4.69) is 15.3 Å². The number of carbonyl (C=O) groups excluding carboxylic acids is 2. The van der Waals surface area contributed by atoms with Crippen molar-refractivity contribution < 1.29 is 9.59 Å². The summed E-state index contributed by atoms with van der Waals surface area (Å²) in [7, 11) is 0. The van der Waals surface area contributed by atoms with Crippen molar-refractivity contribution in [2.24, 2.45) is 0 Å². The van der Waals surface area contributed by atoms with Gasteiger partial charge >= 0.3 is 0 Å². The van der Waals surface area contributed by atoms with Crippen LogP contribution in [0.4, 0.5) is 5.00 Å². The molecule has 8 heteroatoms. The molecule has 0 saturated carbocycles. The molecule has 0 radical (unpaired) electrons. The van der Waals surface area contributed by atoms with Crippen LogP contribution < -0.4 is 10.9 Å². The molecule has 31 heavy (non-hydrogen) atoms. The normalized spacial score (nSPS) is 10.7. The Kier molecular flexibility index (Phi) is 5.90. The molecule has 0 saturated heterocycles. The van der Waals surface area contributed by atoms with Crippen molar-refractivity contribution in [3.8, 4) is 0 Å². The molecule has 2 heterocycles. The number of hydrogen-bond acceptors (Lipinski definition) is 5. The Labute approximate surface area is 182 Å². The zero-order valence-electron chi connectivity index (χ0n) is 16.8. The quantitative estimate of drug-likeness (QED) is 0.485. The van der Waals surface area contributed by atoms with Gasteiger partial charge in [0.25, 0.3) is 11.5 Å². The molecule has 0 spiro atoms. The number of nitrogens with zero attached hydrogens (tertiary/aromatic N) is 2. The number of hydrogen-bond donors (Lipinski definition) is 2. The van der Waals surface area contributed by atoms with Crippen LogP contribution in [0.3, 0.4) is 0 Å². The number of para-hydroxylation sites is 1. The van der Waals surface area contributed by atoms with Gasteiger partial charge in [-0.2, -0.15) is 0 Å². The maximum absolute atomic E-state index is 13.3. The van der Waals surface area contributed by atoms with Crippen molar-refractivity contribution in [2.45, 2.75) is 20.0 Å². The second-order valence-electron chi connectivity index (χ2n) is 7.02. The van der Waals surface area contributed by atoms with Crippen LogP contribution in [0, 0.1) is 0 Å². The Morgan fingerprint density at radius 3 is 2.52 bits per heavy atom. The summed E-state index contributed by atoms with van der Waals surface area (Å²) in [6.45, 7) is 1.91. The Morgan fingerprint density at radius 1 is 1.00 bits per heavy atom. The van der Waals surface area contributed by atoms with Crippen LogP contribution in [0.2, 0.25) is 0 Å². The third-order valence-electron chi connectivity index (χ3n) is 4.62. The highest BCUT2D eigenvalue weighted by Gasteiger charge is 2.20. The smallest absolute Gasteiger partial charge is 0.264 e. The van der Waals surface area contributed by atoms with Gasteiger partial charge in [-0.05, 0) is 29.8 Å². The van der Waals surface area contributed by atoms with Crippen LogP contribution in [-0.4, -0.2) is 26.7 Å². The fourth-order valence-electron chi connectivity index (χ4n) is 3.24. The maximum atomic E-state index is 13.3.